The number of hydrogen-bond donors (Lipinski definition) is 0. The van der Waals surface area contributed by atoms with Crippen LogP contribution >= 0.6 is 27.7 Å². The minimum Gasteiger partial charge on any atom is -0.185 e. The predicted molar refractivity (Wildman–Crippen MR) is 36.1 cm³/mol. The standard InChI is InChI=1S/C4H4BrNS/c5-2-1-3-7-4-6/h1-2H,3H2. The number of thiocyanates is 1. The first kappa shape index (κ1) is 7.06. The monoisotopic (exact) mass is 177 g/mol. The summed E-state index contributed by atoms with van der Waals surface area (Å²) < 4.78 is 0. The topological polar surface area (TPSA) is 23.8 Å². The Hall–Kier alpha value is 0.0600. The SMILES string of the molecule is N#CSCC=CBr. The molecule has 0 heterocycles. The predicted octanol–water partition coefficient (Wildman–Crippen LogP) is 2.11. The van der Waals surface area contributed by atoms with Crippen molar-refractivity contribution in [2.75, 3.05) is 5.75 Å². The number of rotatable bonds is 2. The van der Waals surface area contributed by atoms with Crippen LogP contribution < -0.4 is 0 Å². The van der Waals surface area contributed by atoms with Crippen molar-refractivity contribution in [2.45, 2.75) is 0 Å². The average Bonchev–Trinajstić information content (AvgIpc) is 1.69. The van der Waals surface area contributed by atoms with Crippen LogP contribution in [-0.4, -0.2) is 5.75 Å². The Morgan fingerprint density at radius 1 is 1.86 bits per heavy atom. The Kier molecular flexibility index (Phi) is 6.11. The van der Waals surface area contributed by atoms with Gasteiger partial charge < -0.3 is 0 Å². The molecule has 0 rings (SSSR count). The van der Waals surface area contributed by atoms with Crippen molar-refractivity contribution in [3.05, 3.63) is 11.1 Å². The highest BCUT2D eigenvalue weighted by Gasteiger charge is 1.72. The molecule has 0 unspecified atom stereocenters. The van der Waals surface area contributed by atoms with Gasteiger partial charge in [0.2, 0.25) is 0 Å². The Balaban J connectivity index is 2.87. The maximum atomic E-state index is 7.96. The van der Waals surface area contributed by atoms with Gasteiger partial charge in [0.15, 0.2) is 0 Å². The summed E-state index contributed by atoms with van der Waals surface area (Å²) in [6.45, 7) is 0. The van der Waals surface area contributed by atoms with Crippen molar-refractivity contribution >= 4 is 27.7 Å². The third kappa shape index (κ3) is 6.06. The molecule has 7 heavy (non-hydrogen) atoms. The number of hydrogen-bond acceptors (Lipinski definition) is 2. The zero-order valence-electron chi connectivity index (χ0n) is 3.60. The maximum absolute atomic E-state index is 7.96. The molecule has 0 fully saturated rings. The van der Waals surface area contributed by atoms with Crippen LogP contribution in [0.1, 0.15) is 0 Å². The number of nitriles is 1. The van der Waals surface area contributed by atoms with Crippen molar-refractivity contribution in [3.63, 3.8) is 0 Å². The van der Waals surface area contributed by atoms with E-state index in [9.17, 15) is 0 Å². The summed E-state index contributed by atoms with van der Waals surface area (Å²) >= 11 is 4.30. The molecule has 0 aromatic carbocycles. The molecule has 0 aromatic heterocycles. The zero-order valence-corrected chi connectivity index (χ0v) is 6.00. The van der Waals surface area contributed by atoms with Gasteiger partial charge >= 0.3 is 0 Å². The number of thioether (sulfide) groups is 1. The van der Waals surface area contributed by atoms with Gasteiger partial charge in [-0.25, -0.2) is 0 Å². The molecule has 0 saturated carbocycles. The third-order valence-electron chi connectivity index (χ3n) is 0.333. The molecule has 0 aromatic rings. The van der Waals surface area contributed by atoms with Gasteiger partial charge in [0.25, 0.3) is 0 Å². The van der Waals surface area contributed by atoms with Crippen LogP contribution in [0.25, 0.3) is 0 Å². The molecule has 0 aliphatic heterocycles. The summed E-state index contributed by atoms with van der Waals surface area (Å²) in [5, 5.41) is 9.90. The summed E-state index contributed by atoms with van der Waals surface area (Å²) in [6, 6.07) is 0. The lowest BCUT2D eigenvalue weighted by Crippen LogP contribution is -1.59. The first-order valence-corrected chi connectivity index (χ1v) is 3.58. The van der Waals surface area contributed by atoms with Crippen molar-refractivity contribution in [1.29, 1.82) is 5.26 Å². The van der Waals surface area contributed by atoms with Crippen LogP contribution in [0.15, 0.2) is 11.1 Å². The quantitative estimate of drug-likeness (QED) is 0.477. The second-order valence-electron chi connectivity index (χ2n) is 0.764. The van der Waals surface area contributed by atoms with Crippen molar-refractivity contribution < 1.29 is 0 Å². The summed E-state index contributed by atoms with van der Waals surface area (Å²) in [7, 11) is 0. The lowest BCUT2D eigenvalue weighted by molar-refractivity contribution is 1.57. The van der Waals surface area contributed by atoms with Gasteiger partial charge in [-0.15, -0.1) is 0 Å². The lowest BCUT2D eigenvalue weighted by atomic mass is 10.8. The van der Waals surface area contributed by atoms with Gasteiger partial charge in [0, 0.05) is 5.75 Å². The van der Waals surface area contributed by atoms with E-state index in [1.807, 2.05) is 11.5 Å². The molecule has 0 aliphatic carbocycles. The molecule has 0 atom stereocenters. The fourth-order valence-corrected chi connectivity index (χ4v) is 0.823. The van der Waals surface area contributed by atoms with Gasteiger partial charge in [-0.1, -0.05) is 22.0 Å². The fourth-order valence-electron chi connectivity index (χ4n) is 0.122. The van der Waals surface area contributed by atoms with Crippen molar-refractivity contribution in [3.8, 4) is 5.40 Å². The lowest BCUT2D eigenvalue weighted by Gasteiger charge is -1.73. The van der Waals surface area contributed by atoms with Crippen LogP contribution in [0.5, 0.6) is 0 Å². The normalized spacial score (nSPS) is 9.14. The molecule has 1 nitrogen and oxygen atoms in total. The van der Waals surface area contributed by atoms with Crippen molar-refractivity contribution in [1.82, 2.24) is 0 Å². The zero-order chi connectivity index (χ0) is 5.54. The first-order valence-electron chi connectivity index (χ1n) is 1.68. The van der Waals surface area contributed by atoms with E-state index in [2.05, 4.69) is 15.9 Å². The summed E-state index contributed by atoms with van der Waals surface area (Å²) in [5.41, 5.74) is 0. The molecule has 3 heteroatoms. The van der Waals surface area contributed by atoms with Gasteiger partial charge in [0.1, 0.15) is 5.40 Å². The molecular formula is C4H4BrNS. The van der Waals surface area contributed by atoms with Gasteiger partial charge in [-0.05, 0) is 16.7 Å². The number of nitrogens with zero attached hydrogens (tertiary/aromatic N) is 1. The van der Waals surface area contributed by atoms with E-state index in [-0.39, 0.29) is 0 Å². The van der Waals surface area contributed by atoms with Gasteiger partial charge in [-0.2, -0.15) is 5.26 Å². The van der Waals surface area contributed by atoms with E-state index in [1.165, 1.54) is 11.8 Å². The van der Waals surface area contributed by atoms with E-state index >= 15 is 0 Å². The molecule has 0 amide bonds. The van der Waals surface area contributed by atoms with E-state index < -0.39 is 0 Å². The smallest absolute Gasteiger partial charge is 0.133 e. The van der Waals surface area contributed by atoms with Gasteiger partial charge in [0.05, 0.1) is 0 Å². The minimum atomic E-state index is 0.766. The van der Waals surface area contributed by atoms with Crippen molar-refractivity contribution in [2.24, 2.45) is 0 Å². The highest BCUT2D eigenvalue weighted by Crippen LogP contribution is 1.96. The van der Waals surface area contributed by atoms with E-state index in [4.69, 9.17) is 5.26 Å². The van der Waals surface area contributed by atoms with Crippen LogP contribution in [0.4, 0.5) is 0 Å². The molecule has 0 spiro atoms. The summed E-state index contributed by atoms with van der Waals surface area (Å²) in [6.07, 6.45) is 1.87. The fraction of sp³-hybridized carbons (Fsp3) is 0.250. The first-order chi connectivity index (χ1) is 3.41. The molecule has 0 aliphatic rings. The van der Waals surface area contributed by atoms with E-state index in [1.54, 1.807) is 4.99 Å². The molecule has 0 N–H and O–H groups in total. The summed E-state index contributed by atoms with van der Waals surface area (Å²) in [5.74, 6) is 0.766. The number of halogens is 1. The molecule has 0 radical (unpaired) electrons. The maximum Gasteiger partial charge on any atom is 0.133 e. The minimum absolute atomic E-state index is 0.766. The molecular weight excluding hydrogens is 174 g/mol. The second-order valence-corrected chi connectivity index (χ2v) is 2.10. The van der Waals surface area contributed by atoms with E-state index in [0.29, 0.717) is 0 Å². The molecule has 38 valence electrons. The van der Waals surface area contributed by atoms with E-state index in [0.717, 1.165) is 5.75 Å². The Morgan fingerprint density at radius 2 is 2.57 bits per heavy atom. The summed E-state index contributed by atoms with van der Waals surface area (Å²) in [4.78, 5) is 1.75. The highest BCUT2D eigenvalue weighted by molar-refractivity contribution is 9.11. The van der Waals surface area contributed by atoms with Crippen LogP contribution in [-0.2, 0) is 0 Å². The highest BCUT2D eigenvalue weighted by atomic mass is 79.9. The molecule has 0 bridgehead atoms. The second kappa shape index (κ2) is 6.06. The third-order valence-corrected chi connectivity index (χ3v) is 1.20. The molecule has 0 saturated heterocycles. The van der Waals surface area contributed by atoms with Crippen LogP contribution in [0, 0.1) is 10.7 Å². The van der Waals surface area contributed by atoms with Gasteiger partial charge in [-0.3, -0.25) is 0 Å². The largest absolute Gasteiger partial charge is 0.185 e. The average molecular weight is 178 g/mol. The van der Waals surface area contributed by atoms with Crippen LogP contribution in [0.2, 0.25) is 0 Å². The Morgan fingerprint density at radius 3 is 3.00 bits per heavy atom. The Labute approximate surface area is 55.5 Å². The Bertz CT molecular complexity index is 94.4. The van der Waals surface area contributed by atoms with Crippen LogP contribution in [0.3, 0.4) is 0 Å².